The predicted molar refractivity (Wildman–Crippen MR) is 131 cm³/mol. The van der Waals surface area contributed by atoms with Crippen LogP contribution in [0.4, 0.5) is 10.5 Å². The van der Waals surface area contributed by atoms with E-state index in [2.05, 4.69) is 5.32 Å². The fourth-order valence-electron chi connectivity index (χ4n) is 3.74. The van der Waals surface area contributed by atoms with E-state index >= 15 is 0 Å². The minimum Gasteiger partial charge on any atom is -0.480 e. The third-order valence-electron chi connectivity index (χ3n) is 5.55. The van der Waals surface area contributed by atoms with Gasteiger partial charge in [-0.25, -0.2) is 9.59 Å². The van der Waals surface area contributed by atoms with Gasteiger partial charge in [0.25, 0.3) is 5.69 Å². The van der Waals surface area contributed by atoms with Crippen LogP contribution in [-0.2, 0) is 17.6 Å². The van der Waals surface area contributed by atoms with Crippen LogP contribution in [0.5, 0.6) is 0 Å². The van der Waals surface area contributed by atoms with Gasteiger partial charge >= 0.3 is 12.0 Å². The summed E-state index contributed by atoms with van der Waals surface area (Å²) in [6, 6.07) is 21.0. The van der Waals surface area contributed by atoms with Gasteiger partial charge in [-0.3, -0.25) is 10.1 Å². The van der Waals surface area contributed by atoms with Crippen molar-refractivity contribution in [2.75, 3.05) is 19.7 Å². The molecule has 35 heavy (non-hydrogen) atoms. The van der Waals surface area contributed by atoms with Crippen molar-refractivity contribution < 1.29 is 24.7 Å². The van der Waals surface area contributed by atoms with Crippen LogP contribution in [-0.4, -0.2) is 57.8 Å². The van der Waals surface area contributed by atoms with Crippen LogP contribution >= 0.6 is 0 Å². The first-order valence-corrected chi connectivity index (χ1v) is 11.1. The SMILES string of the molecule is O=C(O)C(Cc1ccc(-c2ccccc2)c([N+](=O)[O-])c1)NC(=O)N(CCO)CCc1ccccc1. The molecular formula is C26H27N3O6. The van der Waals surface area contributed by atoms with Crippen molar-refractivity contribution in [2.24, 2.45) is 0 Å². The van der Waals surface area contributed by atoms with Crippen molar-refractivity contribution in [1.29, 1.82) is 0 Å². The number of nitrogens with one attached hydrogen (secondary N) is 1. The van der Waals surface area contributed by atoms with Gasteiger partial charge in [0.05, 0.1) is 17.1 Å². The van der Waals surface area contributed by atoms with E-state index in [1.54, 1.807) is 36.4 Å². The summed E-state index contributed by atoms with van der Waals surface area (Å²) in [4.78, 5) is 37.2. The molecule has 0 spiro atoms. The molecular weight excluding hydrogens is 450 g/mol. The Hall–Kier alpha value is -4.24. The van der Waals surface area contributed by atoms with Crippen LogP contribution in [0.1, 0.15) is 11.1 Å². The first-order valence-electron chi connectivity index (χ1n) is 11.1. The number of hydrogen-bond donors (Lipinski definition) is 3. The Morgan fingerprint density at radius 2 is 1.60 bits per heavy atom. The molecule has 1 unspecified atom stereocenters. The molecule has 0 radical (unpaired) electrons. The molecule has 1 atom stereocenters. The average molecular weight is 478 g/mol. The number of nitro groups is 1. The lowest BCUT2D eigenvalue weighted by molar-refractivity contribution is -0.384. The zero-order chi connectivity index (χ0) is 25.2. The fraction of sp³-hybridized carbons (Fsp3) is 0.231. The van der Waals surface area contributed by atoms with Crippen LogP contribution in [0.3, 0.4) is 0 Å². The highest BCUT2D eigenvalue weighted by Crippen LogP contribution is 2.31. The lowest BCUT2D eigenvalue weighted by atomic mass is 9.98. The maximum absolute atomic E-state index is 12.8. The minimum absolute atomic E-state index is 0.0439. The molecule has 0 aromatic heterocycles. The van der Waals surface area contributed by atoms with Crippen LogP contribution in [0.25, 0.3) is 11.1 Å². The van der Waals surface area contributed by atoms with E-state index < -0.39 is 23.0 Å². The Morgan fingerprint density at radius 1 is 0.943 bits per heavy atom. The molecule has 0 aliphatic heterocycles. The molecule has 0 saturated carbocycles. The highest BCUT2D eigenvalue weighted by atomic mass is 16.6. The molecule has 0 saturated heterocycles. The number of urea groups is 1. The van der Waals surface area contributed by atoms with Gasteiger partial charge in [0.2, 0.25) is 0 Å². The summed E-state index contributed by atoms with van der Waals surface area (Å²) in [7, 11) is 0. The van der Waals surface area contributed by atoms with E-state index in [0.717, 1.165) is 5.56 Å². The summed E-state index contributed by atoms with van der Waals surface area (Å²) in [5.41, 5.74) is 2.36. The quantitative estimate of drug-likeness (QED) is 0.286. The largest absolute Gasteiger partial charge is 0.480 e. The molecule has 0 heterocycles. The van der Waals surface area contributed by atoms with E-state index in [1.807, 2.05) is 36.4 Å². The number of nitrogens with zero attached hydrogens (tertiary/aromatic N) is 2. The van der Waals surface area contributed by atoms with Crippen molar-refractivity contribution in [1.82, 2.24) is 10.2 Å². The summed E-state index contributed by atoms with van der Waals surface area (Å²) >= 11 is 0. The first kappa shape index (κ1) is 25.4. The van der Waals surface area contributed by atoms with Gasteiger partial charge in [-0.2, -0.15) is 0 Å². The molecule has 3 aromatic rings. The Balaban J connectivity index is 1.74. The van der Waals surface area contributed by atoms with Crippen LogP contribution < -0.4 is 5.32 Å². The molecule has 182 valence electrons. The number of carbonyl (C=O) groups is 2. The van der Waals surface area contributed by atoms with E-state index in [1.165, 1.54) is 11.0 Å². The third kappa shape index (κ3) is 7.12. The molecule has 2 amide bonds. The van der Waals surface area contributed by atoms with Gasteiger partial charge in [0.1, 0.15) is 6.04 Å². The standard InChI is InChI=1S/C26H27N3O6/c30-16-15-28(14-13-19-7-3-1-4-8-19)26(33)27-23(25(31)32)17-20-11-12-22(24(18-20)29(34)35)21-9-5-2-6-10-21/h1-12,18,23,30H,13-17H2,(H,27,33)(H,31,32). The fourth-order valence-corrected chi connectivity index (χ4v) is 3.74. The number of rotatable bonds is 11. The van der Waals surface area contributed by atoms with Gasteiger partial charge < -0.3 is 20.4 Å². The van der Waals surface area contributed by atoms with Gasteiger partial charge in [-0.05, 0) is 29.2 Å². The Bertz CT molecular complexity index is 1150. The smallest absolute Gasteiger partial charge is 0.326 e. The number of hydrogen-bond acceptors (Lipinski definition) is 5. The number of carboxylic acids is 1. The average Bonchev–Trinajstić information content (AvgIpc) is 2.87. The monoisotopic (exact) mass is 477 g/mol. The predicted octanol–water partition coefficient (Wildman–Crippen LogP) is 3.50. The number of benzene rings is 3. The lowest BCUT2D eigenvalue weighted by Crippen LogP contribution is -2.50. The van der Waals surface area contributed by atoms with E-state index in [0.29, 0.717) is 29.7 Å². The summed E-state index contributed by atoms with van der Waals surface area (Å²) in [6.45, 7) is 0.0648. The minimum atomic E-state index is -1.30. The molecule has 0 aliphatic rings. The number of aliphatic hydroxyl groups excluding tert-OH is 1. The van der Waals surface area contributed by atoms with Crippen LogP contribution in [0.15, 0.2) is 78.9 Å². The molecule has 9 nitrogen and oxygen atoms in total. The maximum Gasteiger partial charge on any atom is 0.326 e. The first-order chi connectivity index (χ1) is 16.9. The Kier molecular flexibility index (Phi) is 8.91. The summed E-state index contributed by atoms with van der Waals surface area (Å²) in [6.07, 6.45) is 0.405. The number of amides is 2. The lowest BCUT2D eigenvalue weighted by Gasteiger charge is -2.25. The normalized spacial score (nSPS) is 11.5. The van der Waals surface area contributed by atoms with Crippen molar-refractivity contribution in [3.05, 3.63) is 100 Å². The second-order valence-corrected chi connectivity index (χ2v) is 7.97. The van der Waals surface area contributed by atoms with Crippen molar-refractivity contribution in [3.8, 4) is 11.1 Å². The van der Waals surface area contributed by atoms with Gasteiger partial charge in [0, 0.05) is 25.6 Å². The topological polar surface area (TPSA) is 133 Å². The number of carbonyl (C=O) groups excluding carboxylic acids is 1. The van der Waals surface area contributed by atoms with Crippen LogP contribution in [0, 0.1) is 10.1 Å². The Morgan fingerprint density at radius 3 is 2.20 bits per heavy atom. The molecule has 9 heteroatoms. The second-order valence-electron chi connectivity index (χ2n) is 7.97. The molecule has 3 aromatic carbocycles. The summed E-state index contributed by atoms with van der Waals surface area (Å²) in [5.74, 6) is -1.26. The highest BCUT2D eigenvalue weighted by Gasteiger charge is 2.25. The summed E-state index contributed by atoms with van der Waals surface area (Å²) in [5, 5.41) is 33.2. The Labute approximate surface area is 202 Å². The van der Waals surface area contributed by atoms with Gasteiger partial charge in [-0.15, -0.1) is 0 Å². The highest BCUT2D eigenvalue weighted by molar-refractivity contribution is 5.83. The van der Waals surface area contributed by atoms with Crippen molar-refractivity contribution >= 4 is 17.7 Å². The van der Waals surface area contributed by atoms with Gasteiger partial charge in [-0.1, -0.05) is 66.7 Å². The molecule has 3 rings (SSSR count). The zero-order valence-corrected chi connectivity index (χ0v) is 19.0. The number of nitro benzene ring substituents is 1. The van der Waals surface area contributed by atoms with Crippen LogP contribution in [0.2, 0.25) is 0 Å². The molecule has 0 bridgehead atoms. The number of carboxylic acid groups (broad SMARTS) is 1. The number of aliphatic carboxylic acids is 1. The van der Waals surface area contributed by atoms with E-state index in [9.17, 15) is 29.9 Å². The van der Waals surface area contributed by atoms with E-state index in [-0.39, 0.29) is 25.3 Å². The van der Waals surface area contributed by atoms with E-state index in [4.69, 9.17) is 0 Å². The van der Waals surface area contributed by atoms with Gasteiger partial charge in [0.15, 0.2) is 0 Å². The second kappa shape index (κ2) is 12.3. The molecule has 0 aliphatic carbocycles. The third-order valence-corrected chi connectivity index (χ3v) is 5.55. The van der Waals surface area contributed by atoms with Crippen molar-refractivity contribution in [3.63, 3.8) is 0 Å². The number of aliphatic hydroxyl groups is 1. The molecule has 3 N–H and O–H groups in total. The molecule has 0 fully saturated rings. The van der Waals surface area contributed by atoms with Crippen molar-refractivity contribution in [2.45, 2.75) is 18.9 Å². The maximum atomic E-state index is 12.8. The zero-order valence-electron chi connectivity index (χ0n) is 19.0. The summed E-state index contributed by atoms with van der Waals surface area (Å²) < 4.78 is 0.